The van der Waals surface area contributed by atoms with Crippen molar-refractivity contribution in [2.45, 2.75) is 12.5 Å². The van der Waals surface area contributed by atoms with Gasteiger partial charge in [-0.3, -0.25) is 9.59 Å². The number of aryl methyl sites for hydroxylation is 1. The molecule has 1 aromatic carbocycles. The van der Waals surface area contributed by atoms with Gasteiger partial charge in [0.2, 0.25) is 11.7 Å². The number of hydrogen-bond acceptors (Lipinski definition) is 6. The largest absolute Gasteiger partial charge is 0.474 e. The topological polar surface area (TPSA) is 118 Å². The zero-order valence-electron chi connectivity index (χ0n) is 15.4. The number of likely N-dealkylation sites (N-methyl/N-ethyl adjacent to an activating group) is 1. The molecule has 2 amide bonds. The number of carbonyl (C=O) groups is 2. The Morgan fingerprint density at radius 2 is 2.07 bits per heavy atom. The second kappa shape index (κ2) is 7.14. The van der Waals surface area contributed by atoms with Crippen molar-refractivity contribution in [2.24, 2.45) is 7.05 Å². The van der Waals surface area contributed by atoms with Crippen LogP contribution >= 0.6 is 0 Å². The van der Waals surface area contributed by atoms with Gasteiger partial charge in [0, 0.05) is 20.5 Å². The van der Waals surface area contributed by atoms with Crippen molar-refractivity contribution in [1.29, 1.82) is 0 Å². The molecule has 0 spiro atoms. The van der Waals surface area contributed by atoms with E-state index in [1.807, 2.05) is 30.3 Å². The number of hydrogen-bond donors (Lipinski definition) is 2. The fourth-order valence-corrected chi connectivity index (χ4v) is 3.00. The summed E-state index contributed by atoms with van der Waals surface area (Å²) in [7, 11) is 3.34. The van der Waals surface area contributed by atoms with E-state index in [-0.39, 0.29) is 18.3 Å². The minimum Gasteiger partial charge on any atom is -0.474 e. The van der Waals surface area contributed by atoms with E-state index in [0.717, 1.165) is 5.56 Å². The number of benzene rings is 1. The van der Waals surface area contributed by atoms with Gasteiger partial charge in [0.05, 0.1) is 6.20 Å². The van der Waals surface area contributed by atoms with Gasteiger partial charge in [-0.15, -0.1) is 10.2 Å². The molecule has 1 aliphatic rings. The highest BCUT2D eigenvalue weighted by Crippen LogP contribution is 2.29. The summed E-state index contributed by atoms with van der Waals surface area (Å²) < 4.78 is 7.21. The summed E-state index contributed by atoms with van der Waals surface area (Å²) in [4.78, 5) is 29.5. The summed E-state index contributed by atoms with van der Waals surface area (Å²) in [6.07, 6.45) is 2.07. The Hall–Kier alpha value is -3.69. The average Bonchev–Trinajstić information content (AvgIpc) is 3.28. The lowest BCUT2D eigenvalue weighted by Gasteiger charge is -2.18. The molecule has 1 unspecified atom stereocenters. The minimum absolute atomic E-state index is 0.00748. The first-order chi connectivity index (χ1) is 13.5. The Morgan fingerprint density at radius 1 is 1.29 bits per heavy atom. The molecule has 10 heteroatoms. The molecule has 0 aliphatic carbocycles. The smallest absolute Gasteiger partial charge is 0.289 e. The summed E-state index contributed by atoms with van der Waals surface area (Å²) in [5.74, 6) is 0.257. The summed E-state index contributed by atoms with van der Waals surface area (Å²) in [5.41, 5.74) is 1.60. The van der Waals surface area contributed by atoms with E-state index in [0.29, 0.717) is 23.8 Å². The molecule has 10 nitrogen and oxygen atoms in total. The van der Waals surface area contributed by atoms with Crippen molar-refractivity contribution in [3.63, 3.8) is 0 Å². The van der Waals surface area contributed by atoms with E-state index in [2.05, 4.69) is 25.6 Å². The molecular weight excluding hydrogens is 362 g/mol. The standard InChI is InChI=1S/C18H19N7O3/c1-24-13-9-19-25(2)18(13)28-10-12(17(24)27)20-16(26)15-21-14(22-23-15)8-11-6-4-3-5-7-11/h3-7,9,12H,8,10H2,1-2H3,(H,20,26)(H,21,22,23). The van der Waals surface area contributed by atoms with Gasteiger partial charge in [-0.05, 0) is 5.56 Å². The third kappa shape index (κ3) is 3.31. The minimum atomic E-state index is -0.854. The van der Waals surface area contributed by atoms with Crippen LogP contribution in [0.25, 0.3) is 0 Å². The normalized spacial score (nSPS) is 16.3. The molecule has 144 valence electrons. The van der Waals surface area contributed by atoms with Crippen LogP contribution in [0.15, 0.2) is 36.5 Å². The SMILES string of the molecule is CN1C(=O)C(NC(=O)c2nnc(Cc3ccccc3)[nH]2)COc2c1cnn2C. The molecule has 3 aromatic rings. The second-order valence-corrected chi connectivity index (χ2v) is 6.48. The molecule has 28 heavy (non-hydrogen) atoms. The van der Waals surface area contributed by atoms with E-state index < -0.39 is 11.9 Å². The molecule has 0 fully saturated rings. The quantitative estimate of drug-likeness (QED) is 0.670. The van der Waals surface area contributed by atoms with E-state index in [9.17, 15) is 9.59 Å². The van der Waals surface area contributed by atoms with E-state index in [1.54, 1.807) is 20.3 Å². The van der Waals surface area contributed by atoms with Crippen LogP contribution in [0.3, 0.4) is 0 Å². The Bertz CT molecular complexity index is 1010. The van der Waals surface area contributed by atoms with Crippen molar-refractivity contribution >= 4 is 17.5 Å². The molecule has 3 heterocycles. The lowest BCUT2D eigenvalue weighted by molar-refractivity contribution is -0.120. The summed E-state index contributed by atoms with van der Waals surface area (Å²) in [5, 5.41) is 14.6. The third-order valence-electron chi connectivity index (χ3n) is 4.51. The lowest BCUT2D eigenvalue weighted by atomic mass is 10.1. The fourth-order valence-electron chi connectivity index (χ4n) is 3.00. The second-order valence-electron chi connectivity index (χ2n) is 6.48. The maximum atomic E-state index is 12.7. The van der Waals surface area contributed by atoms with E-state index in [4.69, 9.17) is 4.74 Å². The highest BCUT2D eigenvalue weighted by atomic mass is 16.5. The van der Waals surface area contributed by atoms with Crippen LogP contribution in [0.1, 0.15) is 22.0 Å². The molecule has 1 atom stereocenters. The summed E-state index contributed by atoms with van der Waals surface area (Å²) in [6, 6.07) is 8.87. The number of nitrogens with one attached hydrogen (secondary N) is 2. The molecular formula is C18H19N7O3. The van der Waals surface area contributed by atoms with Crippen LogP contribution in [0.4, 0.5) is 5.69 Å². The predicted octanol–water partition coefficient (Wildman–Crippen LogP) is 0.283. The number of aromatic amines is 1. The Morgan fingerprint density at radius 3 is 2.86 bits per heavy atom. The molecule has 2 aromatic heterocycles. The number of carbonyl (C=O) groups excluding carboxylic acids is 2. The van der Waals surface area contributed by atoms with Gasteiger partial charge in [-0.2, -0.15) is 5.10 Å². The van der Waals surface area contributed by atoms with Crippen molar-refractivity contribution in [3.8, 4) is 5.88 Å². The van der Waals surface area contributed by atoms with Crippen LogP contribution in [0.5, 0.6) is 5.88 Å². The first-order valence-electron chi connectivity index (χ1n) is 8.71. The van der Waals surface area contributed by atoms with Gasteiger partial charge < -0.3 is 19.9 Å². The highest BCUT2D eigenvalue weighted by molar-refractivity contribution is 6.02. The zero-order valence-corrected chi connectivity index (χ0v) is 15.4. The number of anilines is 1. The first-order valence-corrected chi connectivity index (χ1v) is 8.71. The van der Waals surface area contributed by atoms with Gasteiger partial charge in [-0.1, -0.05) is 30.3 Å². The van der Waals surface area contributed by atoms with Crippen molar-refractivity contribution in [2.75, 3.05) is 18.6 Å². The Balaban J connectivity index is 1.44. The molecule has 0 radical (unpaired) electrons. The van der Waals surface area contributed by atoms with Crippen LogP contribution in [-0.4, -0.2) is 56.5 Å². The molecule has 2 N–H and O–H groups in total. The number of fused-ring (bicyclic) bond motifs is 1. The molecule has 0 bridgehead atoms. The van der Waals surface area contributed by atoms with Crippen LogP contribution in [0, 0.1) is 0 Å². The number of H-pyrrole nitrogens is 1. The van der Waals surface area contributed by atoms with Gasteiger partial charge >= 0.3 is 0 Å². The molecule has 1 aliphatic heterocycles. The average molecular weight is 381 g/mol. The highest BCUT2D eigenvalue weighted by Gasteiger charge is 2.33. The first kappa shape index (κ1) is 17.7. The van der Waals surface area contributed by atoms with Crippen LogP contribution < -0.4 is 15.0 Å². The van der Waals surface area contributed by atoms with Crippen LogP contribution in [0.2, 0.25) is 0 Å². The van der Waals surface area contributed by atoms with Crippen molar-refractivity contribution in [1.82, 2.24) is 30.3 Å². The molecule has 0 saturated heterocycles. The van der Waals surface area contributed by atoms with E-state index in [1.165, 1.54) is 9.58 Å². The number of aromatic nitrogens is 5. The third-order valence-corrected chi connectivity index (χ3v) is 4.51. The maximum Gasteiger partial charge on any atom is 0.289 e. The number of nitrogens with zero attached hydrogens (tertiary/aromatic N) is 5. The lowest BCUT2D eigenvalue weighted by Crippen LogP contribution is -2.49. The van der Waals surface area contributed by atoms with Crippen LogP contribution in [-0.2, 0) is 18.3 Å². The van der Waals surface area contributed by atoms with Crippen molar-refractivity contribution in [3.05, 3.63) is 53.7 Å². The fraction of sp³-hybridized carbons (Fsp3) is 0.278. The monoisotopic (exact) mass is 381 g/mol. The maximum absolute atomic E-state index is 12.7. The number of ether oxygens (including phenoxy) is 1. The van der Waals surface area contributed by atoms with Gasteiger partial charge in [0.1, 0.15) is 24.2 Å². The van der Waals surface area contributed by atoms with Gasteiger partial charge in [-0.25, -0.2) is 4.68 Å². The molecule has 4 rings (SSSR count). The Labute approximate surface area is 160 Å². The van der Waals surface area contributed by atoms with Gasteiger partial charge in [0.25, 0.3) is 11.8 Å². The zero-order chi connectivity index (χ0) is 19.7. The van der Waals surface area contributed by atoms with E-state index >= 15 is 0 Å². The Kier molecular flexibility index (Phi) is 4.52. The predicted molar refractivity (Wildman–Crippen MR) is 99.0 cm³/mol. The number of rotatable bonds is 4. The van der Waals surface area contributed by atoms with Gasteiger partial charge in [0.15, 0.2) is 0 Å². The molecule has 0 saturated carbocycles. The van der Waals surface area contributed by atoms with Crippen molar-refractivity contribution < 1.29 is 14.3 Å². The number of amides is 2. The summed E-state index contributed by atoms with van der Waals surface area (Å²) >= 11 is 0. The summed E-state index contributed by atoms with van der Waals surface area (Å²) in [6.45, 7) is -0.00748.